The van der Waals surface area contributed by atoms with Crippen LogP contribution in [-0.4, -0.2) is 41.1 Å². The van der Waals surface area contributed by atoms with Crippen molar-refractivity contribution in [2.75, 3.05) is 18.4 Å². The van der Waals surface area contributed by atoms with Gasteiger partial charge in [-0.3, -0.25) is 14.7 Å². The average molecular weight is 313 g/mol. The van der Waals surface area contributed by atoms with Crippen LogP contribution in [-0.2, 0) is 4.79 Å². The van der Waals surface area contributed by atoms with E-state index in [0.29, 0.717) is 11.4 Å². The third-order valence-electron chi connectivity index (χ3n) is 3.86. The molecule has 3 heterocycles. The van der Waals surface area contributed by atoms with E-state index in [1.165, 1.54) is 0 Å². The second kappa shape index (κ2) is 7.01. The van der Waals surface area contributed by atoms with Gasteiger partial charge in [-0.1, -0.05) is 11.3 Å². The number of amides is 1. The Balaban J connectivity index is 1.59. The normalized spacial score (nSPS) is 24.4. The molecule has 1 saturated heterocycles. The lowest BCUT2D eigenvalue weighted by molar-refractivity contribution is -0.113. The summed E-state index contributed by atoms with van der Waals surface area (Å²) >= 11 is 0. The molecule has 1 unspecified atom stereocenters. The van der Waals surface area contributed by atoms with E-state index in [-0.39, 0.29) is 18.1 Å². The van der Waals surface area contributed by atoms with Gasteiger partial charge in [0.15, 0.2) is 0 Å². The van der Waals surface area contributed by atoms with Crippen LogP contribution in [0.5, 0.6) is 0 Å². The molecule has 0 aromatic carbocycles. The molecule has 2 atom stereocenters. The number of pyridine rings is 1. The monoisotopic (exact) mass is 313 g/mol. The molecule has 4 N–H and O–H groups in total. The summed E-state index contributed by atoms with van der Waals surface area (Å²) in [5, 5.41) is 13.4. The predicted molar refractivity (Wildman–Crippen MR) is 86.0 cm³/mol. The molecule has 3 rings (SSSR count). The minimum Gasteiger partial charge on any atom is -0.362 e. The van der Waals surface area contributed by atoms with Crippen LogP contribution in [0.15, 0.2) is 58.8 Å². The number of nitrogens with zero attached hydrogens (tertiary/aromatic N) is 4. The van der Waals surface area contributed by atoms with Gasteiger partial charge in [0.05, 0.1) is 12.2 Å². The van der Waals surface area contributed by atoms with Gasteiger partial charge in [0.2, 0.25) is 0 Å². The van der Waals surface area contributed by atoms with Crippen molar-refractivity contribution in [3.8, 4) is 0 Å². The zero-order valence-electron chi connectivity index (χ0n) is 12.6. The molecule has 23 heavy (non-hydrogen) atoms. The summed E-state index contributed by atoms with van der Waals surface area (Å²) in [6.45, 7) is 1.65. The standard InChI is InChI=1S/C15H19N7O/c16-21-20-12-6-9-22(10-12)14-3-1-2-13(19-14)15(23)18-11-4-7-17-8-5-11/h1-5,7-8,12,14,19H,6,9-10H2,(H2,16,20)(H,17,18,23)/t12-,14?/m1/s1. The molecule has 0 aliphatic carbocycles. The molecule has 0 radical (unpaired) electrons. The Morgan fingerprint density at radius 3 is 3.04 bits per heavy atom. The molecule has 2 aliphatic rings. The number of likely N-dealkylation sites (tertiary alicyclic amines) is 1. The molecular weight excluding hydrogens is 294 g/mol. The first-order chi connectivity index (χ1) is 11.3. The quantitative estimate of drug-likeness (QED) is 0.433. The number of hydrogen-bond acceptors (Lipinski definition) is 6. The van der Waals surface area contributed by atoms with E-state index in [4.69, 9.17) is 5.84 Å². The van der Waals surface area contributed by atoms with Crippen molar-refractivity contribution in [3.05, 3.63) is 48.5 Å². The minimum absolute atomic E-state index is 0.0313. The van der Waals surface area contributed by atoms with Crippen LogP contribution in [0.3, 0.4) is 0 Å². The fourth-order valence-corrected chi connectivity index (χ4v) is 2.71. The lowest BCUT2D eigenvalue weighted by Gasteiger charge is -2.29. The predicted octanol–water partition coefficient (Wildman–Crippen LogP) is 0.790. The van der Waals surface area contributed by atoms with Crippen molar-refractivity contribution in [1.29, 1.82) is 0 Å². The molecule has 8 nitrogen and oxygen atoms in total. The first kappa shape index (κ1) is 15.2. The topological polar surface area (TPSA) is 108 Å². The van der Waals surface area contributed by atoms with Crippen LogP contribution in [0, 0.1) is 0 Å². The van der Waals surface area contributed by atoms with Crippen molar-refractivity contribution < 1.29 is 4.79 Å². The summed E-state index contributed by atoms with van der Waals surface area (Å²) in [5.41, 5.74) is 1.24. The Morgan fingerprint density at radius 2 is 2.26 bits per heavy atom. The molecule has 8 heteroatoms. The van der Waals surface area contributed by atoms with Crippen molar-refractivity contribution in [1.82, 2.24) is 15.2 Å². The first-order valence-electron chi connectivity index (χ1n) is 7.47. The summed E-state index contributed by atoms with van der Waals surface area (Å²) in [6.07, 6.45) is 9.83. The summed E-state index contributed by atoms with van der Waals surface area (Å²) in [7, 11) is 0. The zero-order chi connectivity index (χ0) is 16.1. The van der Waals surface area contributed by atoms with Gasteiger partial charge >= 0.3 is 0 Å². The van der Waals surface area contributed by atoms with E-state index in [0.717, 1.165) is 19.5 Å². The summed E-state index contributed by atoms with van der Waals surface area (Å²) < 4.78 is 0. The van der Waals surface area contributed by atoms with Gasteiger partial charge in [-0.05, 0) is 30.7 Å². The van der Waals surface area contributed by atoms with Crippen molar-refractivity contribution in [2.45, 2.75) is 18.6 Å². The van der Waals surface area contributed by atoms with Gasteiger partial charge in [-0.15, -0.1) is 0 Å². The number of hydrogen-bond donors (Lipinski definition) is 3. The third-order valence-corrected chi connectivity index (χ3v) is 3.86. The minimum atomic E-state index is -0.178. The molecule has 1 amide bonds. The number of rotatable bonds is 4. The van der Waals surface area contributed by atoms with E-state index >= 15 is 0 Å². The number of carbonyl (C=O) groups is 1. The fraction of sp³-hybridized carbons (Fsp3) is 0.333. The Morgan fingerprint density at radius 1 is 1.43 bits per heavy atom. The highest BCUT2D eigenvalue weighted by Crippen LogP contribution is 2.18. The molecule has 1 aromatic rings. The number of anilines is 1. The van der Waals surface area contributed by atoms with Crippen molar-refractivity contribution in [3.63, 3.8) is 0 Å². The number of aromatic nitrogens is 1. The van der Waals surface area contributed by atoms with Crippen molar-refractivity contribution >= 4 is 11.6 Å². The van der Waals surface area contributed by atoms with E-state index in [2.05, 4.69) is 30.9 Å². The van der Waals surface area contributed by atoms with Gasteiger partial charge in [0.1, 0.15) is 5.70 Å². The smallest absolute Gasteiger partial charge is 0.271 e. The molecule has 1 aromatic heterocycles. The van der Waals surface area contributed by atoms with Gasteiger partial charge in [0.25, 0.3) is 5.91 Å². The molecule has 0 saturated carbocycles. The molecule has 0 bridgehead atoms. The lowest BCUT2D eigenvalue weighted by Crippen LogP contribution is -2.46. The molecule has 120 valence electrons. The second-order valence-corrected chi connectivity index (χ2v) is 5.41. The molecule has 1 fully saturated rings. The molecule has 0 spiro atoms. The SMILES string of the molecule is NN=N[C@@H]1CCN(C2C=CC=C(C(=O)Nc3ccncc3)N2)C1. The van der Waals surface area contributed by atoms with Gasteiger partial charge < -0.3 is 16.5 Å². The first-order valence-corrected chi connectivity index (χ1v) is 7.47. The fourth-order valence-electron chi connectivity index (χ4n) is 2.71. The maximum atomic E-state index is 12.3. The molecule has 2 aliphatic heterocycles. The van der Waals surface area contributed by atoms with E-state index < -0.39 is 0 Å². The Labute approximate surface area is 134 Å². The van der Waals surface area contributed by atoms with Gasteiger partial charge in [-0.25, -0.2) is 0 Å². The molecular formula is C15H19N7O. The summed E-state index contributed by atoms with van der Waals surface area (Å²) in [5.74, 6) is 4.93. The Hall–Kier alpha value is -2.74. The van der Waals surface area contributed by atoms with Gasteiger partial charge in [0, 0.05) is 31.2 Å². The van der Waals surface area contributed by atoms with E-state index in [1.54, 1.807) is 30.6 Å². The highest BCUT2D eigenvalue weighted by molar-refractivity contribution is 6.03. The highest BCUT2D eigenvalue weighted by atomic mass is 16.2. The number of dihydropyridines is 1. The number of nitrogens with two attached hydrogens (primary N) is 1. The maximum absolute atomic E-state index is 12.3. The van der Waals surface area contributed by atoms with Crippen LogP contribution >= 0.6 is 0 Å². The van der Waals surface area contributed by atoms with Crippen molar-refractivity contribution in [2.24, 2.45) is 16.2 Å². The second-order valence-electron chi connectivity index (χ2n) is 5.41. The summed E-state index contributed by atoms with van der Waals surface area (Å²) in [6, 6.07) is 3.62. The Bertz CT molecular complexity index is 640. The van der Waals surface area contributed by atoms with Crippen LogP contribution in [0.4, 0.5) is 5.69 Å². The van der Waals surface area contributed by atoms with Crippen LogP contribution in [0.25, 0.3) is 0 Å². The number of nitrogens with one attached hydrogen (secondary N) is 2. The highest BCUT2D eigenvalue weighted by Gasteiger charge is 2.29. The van der Waals surface area contributed by atoms with Crippen LogP contribution < -0.4 is 16.5 Å². The van der Waals surface area contributed by atoms with Crippen LogP contribution in [0.1, 0.15) is 6.42 Å². The van der Waals surface area contributed by atoms with E-state index in [1.807, 2.05) is 12.2 Å². The van der Waals surface area contributed by atoms with Crippen LogP contribution in [0.2, 0.25) is 0 Å². The maximum Gasteiger partial charge on any atom is 0.271 e. The Kier molecular flexibility index (Phi) is 4.62. The lowest BCUT2D eigenvalue weighted by atomic mass is 10.2. The van der Waals surface area contributed by atoms with Gasteiger partial charge in [-0.2, -0.15) is 5.11 Å². The third kappa shape index (κ3) is 3.72. The number of carbonyl (C=O) groups excluding carboxylic acids is 1. The van der Waals surface area contributed by atoms with E-state index in [9.17, 15) is 4.79 Å². The zero-order valence-corrected chi connectivity index (χ0v) is 12.6. The number of allylic oxidation sites excluding steroid dienone is 2. The average Bonchev–Trinajstić information content (AvgIpc) is 3.05. The summed E-state index contributed by atoms with van der Waals surface area (Å²) in [4.78, 5) is 18.5. The largest absolute Gasteiger partial charge is 0.362 e.